The van der Waals surface area contributed by atoms with Crippen LogP contribution in [0.4, 0.5) is 5.69 Å². The van der Waals surface area contributed by atoms with E-state index in [0.29, 0.717) is 17.3 Å². The molecule has 0 radical (unpaired) electrons. The molecule has 0 fully saturated rings. The number of nitrogens with zero attached hydrogens (tertiary/aromatic N) is 4. The lowest BCUT2D eigenvalue weighted by Gasteiger charge is -2.11. The third kappa shape index (κ3) is 3.04. The molecule has 27 heavy (non-hydrogen) atoms. The molecule has 6 heteroatoms. The quantitative estimate of drug-likeness (QED) is 0.578. The average Bonchev–Trinajstić information content (AvgIpc) is 3.27. The highest BCUT2D eigenvalue weighted by molar-refractivity contribution is 5.94. The molecule has 2 heterocycles. The minimum Gasteiger partial charge on any atom is -0.382 e. The number of para-hydroxylation sites is 1. The average molecular weight is 357 g/mol. The van der Waals surface area contributed by atoms with Gasteiger partial charge in [0, 0.05) is 41.3 Å². The van der Waals surface area contributed by atoms with Gasteiger partial charge in [-0.3, -0.25) is 0 Å². The lowest BCUT2D eigenvalue weighted by molar-refractivity contribution is 0.432. The van der Waals surface area contributed by atoms with Crippen LogP contribution in [0.5, 0.6) is 0 Å². The zero-order chi connectivity index (χ0) is 19.0. The molecular weight excluding hydrogens is 338 g/mol. The molecular formula is C21H19N5O. The summed E-state index contributed by atoms with van der Waals surface area (Å²) in [5, 5.41) is 17.9. The van der Waals surface area contributed by atoms with Gasteiger partial charge in [-0.15, -0.1) is 0 Å². The molecule has 4 aromatic rings. The van der Waals surface area contributed by atoms with Crippen molar-refractivity contribution in [2.45, 2.75) is 19.9 Å². The molecule has 134 valence electrons. The van der Waals surface area contributed by atoms with Crippen LogP contribution in [-0.4, -0.2) is 20.7 Å². The summed E-state index contributed by atoms with van der Waals surface area (Å²) in [4.78, 5) is 4.56. The molecule has 2 aromatic carbocycles. The molecule has 1 N–H and O–H groups in total. The van der Waals surface area contributed by atoms with Gasteiger partial charge >= 0.3 is 0 Å². The smallest absolute Gasteiger partial charge is 0.258 e. The van der Waals surface area contributed by atoms with Crippen molar-refractivity contribution in [1.82, 2.24) is 14.7 Å². The Kier molecular flexibility index (Phi) is 4.13. The lowest BCUT2D eigenvalue weighted by Crippen LogP contribution is -2.10. The Balaban J connectivity index is 1.73. The Morgan fingerprint density at radius 2 is 2.00 bits per heavy atom. The molecule has 0 aliphatic rings. The van der Waals surface area contributed by atoms with Crippen LogP contribution in [0.25, 0.3) is 33.7 Å². The molecule has 6 nitrogen and oxygen atoms in total. The first-order valence-electron chi connectivity index (χ1n) is 8.76. The number of nitrogens with one attached hydrogen (secondary N) is 1. The number of fused-ring (bicyclic) bond motifs is 1. The zero-order valence-electron chi connectivity index (χ0n) is 15.4. The number of hydrogen-bond acceptors (Lipinski definition) is 5. The summed E-state index contributed by atoms with van der Waals surface area (Å²) >= 11 is 0. The Morgan fingerprint density at radius 1 is 1.19 bits per heavy atom. The SMILES string of the molecule is CC(C)Nc1ccc(-c2nc(-c3cn(C)c4ccccc34)no2)cc1C#N. The summed E-state index contributed by atoms with van der Waals surface area (Å²) in [5.74, 6) is 0.926. The number of nitriles is 1. The van der Waals surface area contributed by atoms with Crippen molar-refractivity contribution in [1.29, 1.82) is 5.26 Å². The lowest BCUT2D eigenvalue weighted by atomic mass is 10.1. The Hall–Kier alpha value is -3.59. The van der Waals surface area contributed by atoms with Gasteiger partial charge in [-0.2, -0.15) is 10.2 Å². The summed E-state index contributed by atoms with van der Waals surface area (Å²) in [7, 11) is 1.99. The van der Waals surface area contributed by atoms with E-state index in [9.17, 15) is 5.26 Å². The molecule has 0 spiro atoms. The number of hydrogen-bond donors (Lipinski definition) is 1. The first kappa shape index (κ1) is 16.9. The third-order valence-electron chi connectivity index (χ3n) is 4.40. The van der Waals surface area contributed by atoms with E-state index >= 15 is 0 Å². The molecule has 0 atom stereocenters. The largest absolute Gasteiger partial charge is 0.382 e. The van der Waals surface area contributed by atoms with Gasteiger partial charge in [0.1, 0.15) is 6.07 Å². The molecule has 0 amide bonds. The van der Waals surface area contributed by atoms with Gasteiger partial charge in [-0.1, -0.05) is 23.4 Å². The summed E-state index contributed by atoms with van der Waals surface area (Å²) in [6.45, 7) is 4.06. The van der Waals surface area contributed by atoms with Gasteiger partial charge in [0.25, 0.3) is 5.89 Å². The van der Waals surface area contributed by atoms with E-state index in [1.807, 2.05) is 62.0 Å². The van der Waals surface area contributed by atoms with Crippen molar-refractivity contribution < 1.29 is 4.52 Å². The highest BCUT2D eigenvalue weighted by Gasteiger charge is 2.16. The highest BCUT2D eigenvalue weighted by Crippen LogP contribution is 2.30. The van der Waals surface area contributed by atoms with Crippen LogP contribution >= 0.6 is 0 Å². The van der Waals surface area contributed by atoms with Gasteiger partial charge in [0.15, 0.2) is 0 Å². The summed E-state index contributed by atoms with van der Waals surface area (Å²) in [6.07, 6.45) is 2.00. The minimum atomic E-state index is 0.240. The maximum Gasteiger partial charge on any atom is 0.258 e. The topological polar surface area (TPSA) is 79.7 Å². The van der Waals surface area contributed by atoms with Crippen LogP contribution in [0.15, 0.2) is 53.2 Å². The number of aryl methyl sites for hydroxylation is 1. The van der Waals surface area contributed by atoms with Crippen LogP contribution in [0.2, 0.25) is 0 Å². The van der Waals surface area contributed by atoms with Crippen molar-refractivity contribution in [3.05, 3.63) is 54.2 Å². The summed E-state index contributed by atoms with van der Waals surface area (Å²) in [5.41, 5.74) is 4.09. The molecule has 2 aromatic heterocycles. The van der Waals surface area contributed by atoms with Gasteiger partial charge in [0.2, 0.25) is 5.82 Å². The van der Waals surface area contributed by atoms with E-state index in [4.69, 9.17) is 4.52 Å². The Labute approximate surface area is 157 Å². The van der Waals surface area contributed by atoms with Crippen LogP contribution in [0.3, 0.4) is 0 Å². The second-order valence-electron chi connectivity index (χ2n) is 6.77. The Bertz CT molecular complexity index is 1160. The fourth-order valence-corrected chi connectivity index (χ4v) is 3.18. The molecule has 0 aliphatic heterocycles. The van der Waals surface area contributed by atoms with Crippen LogP contribution in [0.1, 0.15) is 19.4 Å². The second kappa shape index (κ2) is 6.61. The van der Waals surface area contributed by atoms with Crippen LogP contribution in [-0.2, 0) is 7.05 Å². The fraction of sp³-hybridized carbons (Fsp3) is 0.190. The van der Waals surface area contributed by atoms with Crippen molar-refractivity contribution in [3.63, 3.8) is 0 Å². The number of rotatable bonds is 4. The van der Waals surface area contributed by atoms with Gasteiger partial charge in [-0.05, 0) is 38.1 Å². The zero-order valence-corrected chi connectivity index (χ0v) is 15.4. The van der Waals surface area contributed by atoms with E-state index in [1.165, 1.54) is 0 Å². The van der Waals surface area contributed by atoms with Gasteiger partial charge in [0.05, 0.1) is 11.3 Å². The van der Waals surface area contributed by atoms with E-state index < -0.39 is 0 Å². The van der Waals surface area contributed by atoms with E-state index in [2.05, 4.69) is 27.6 Å². The standard InChI is InChI=1S/C21H19N5O/c1-13(2)23-18-9-8-14(10-15(18)11-22)21-24-20(25-27-21)17-12-26(3)19-7-5-4-6-16(17)19/h4-10,12-13,23H,1-3H3. The normalized spacial score (nSPS) is 11.1. The van der Waals surface area contributed by atoms with Crippen LogP contribution < -0.4 is 5.32 Å². The van der Waals surface area contributed by atoms with Crippen LogP contribution in [0, 0.1) is 11.3 Å². The van der Waals surface area contributed by atoms with Crippen molar-refractivity contribution in [3.8, 4) is 28.9 Å². The maximum atomic E-state index is 9.45. The maximum absolute atomic E-state index is 9.45. The van der Waals surface area contributed by atoms with Gasteiger partial charge in [-0.25, -0.2) is 0 Å². The van der Waals surface area contributed by atoms with Gasteiger partial charge < -0.3 is 14.4 Å². The van der Waals surface area contributed by atoms with Crippen molar-refractivity contribution >= 4 is 16.6 Å². The molecule has 0 saturated carbocycles. The molecule has 0 unspecified atom stereocenters. The monoisotopic (exact) mass is 357 g/mol. The first-order valence-corrected chi connectivity index (χ1v) is 8.76. The van der Waals surface area contributed by atoms with E-state index in [1.54, 1.807) is 6.07 Å². The predicted octanol–water partition coefficient (Wildman–Crippen LogP) is 4.59. The number of benzene rings is 2. The highest BCUT2D eigenvalue weighted by atomic mass is 16.5. The van der Waals surface area contributed by atoms with Crippen molar-refractivity contribution in [2.24, 2.45) is 7.05 Å². The number of aromatic nitrogens is 3. The molecule has 0 aliphatic carbocycles. The molecule has 0 saturated heterocycles. The Morgan fingerprint density at radius 3 is 2.78 bits per heavy atom. The predicted molar refractivity (Wildman–Crippen MR) is 105 cm³/mol. The van der Waals surface area contributed by atoms with E-state index in [-0.39, 0.29) is 6.04 Å². The molecule has 0 bridgehead atoms. The van der Waals surface area contributed by atoms with E-state index in [0.717, 1.165) is 27.7 Å². The minimum absolute atomic E-state index is 0.240. The fourth-order valence-electron chi connectivity index (χ4n) is 3.18. The summed E-state index contributed by atoms with van der Waals surface area (Å²) < 4.78 is 7.53. The third-order valence-corrected chi connectivity index (χ3v) is 4.40. The number of anilines is 1. The van der Waals surface area contributed by atoms with Crippen molar-refractivity contribution in [2.75, 3.05) is 5.32 Å². The first-order chi connectivity index (χ1) is 13.1. The summed E-state index contributed by atoms with van der Waals surface area (Å²) in [6, 6.07) is 16.1. The molecule has 4 rings (SSSR count). The second-order valence-corrected chi connectivity index (χ2v) is 6.77.